The van der Waals surface area contributed by atoms with Crippen LogP contribution in [-0.2, 0) is 4.79 Å². The summed E-state index contributed by atoms with van der Waals surface area (Å²) in [6.45, 7) is 4.86. The molecule has 88 valence electrons. The predicted octanol–water partition coefficient (Wildman–Crippen LogP) is 2.27. The van der Waals surface area contributed by atoms with E-state index in [4.69, 9.17) is 5.11 Å². The second-order valence-electron chi connectivity index (χ2n) is 4.93. The van der Waals surface area contributed by atoms with Crippen LogP contribution in [0.5, 0.6) is 0 Å². The summed E-state index contributed by atoms with van der Waals surface area (Å²) in [5, 5.41) is 11.7. The molecule has 1 fully saturated rings. The maximum absolute atomic E-state index is 10.6. The van der Waals surface area contributed by atoms with E-state index < -0.39 is 12.0 Å². The van der Waals surface area contributed by atoms with Gasteiger partial charge in [0.1, 0.15) is 6.04 Å². The number of carboxylic acid groups (broad SMARTS) is 1. The highest BCUT2D eigenvalue weighted by atomic mass is 16.4. The molecule has 1 rings (SSSR count). The van der Waals surface area contributed by atoms with Crippen molar-refractivity contribution in [2.45, 2.75) is 52.0 Å². The van der Waals surface area contributed by atoms with Crippen molar-refractivity contribution in [1.82, 2.24) is 5.32 Å². The molecule has 1 aliphatic carbocycles. The van der Waals surface area contributed by atoms with E-state index in [0.717, 1.165) is 24.8 Å². The molecule has 0 bridgehead atoms. The van der Waals surface area contributed by atoms with Crippen LogP contribution in [0.1, 0.15) is 46.0 Å². The van der Waals surface area contributed by atoms with Crippen LogP contribution in [0.4, 0.5) is 0 Å². The Kier molecular flexibility index (Phi) is 5.09. The topological polar surface area (TPSA) is 49.3 Å². The minimum atomic E-state index is -0.757. The molecule has 3 nitrogen and oxygen atoms in total. The molecule has 15 heavy (non-hydrogen) atoms. The van der Waals surface area contributed by atoms with Gasteiger partial charge in [-0.25, -0.2) is 0 Å². The fourth-order valence-corrected chi connectivity index (χ4v) is 2.21. The third kappa shape index (κ3) is 4.65. The van der Waals surface area contributed by atoms with E-state index in [1.165, 1.54) is 25.7 Å². The van der Waals surface area contributed by atoms with Crippen LogP contribution in [0.25, 0.3) is 0 Å². The molecule has 0 aliphatic heterocycles. The number of carboxylic acids is 1. The van der Waals surface area contributed by atoms with Crippen molar-refractivity contribution in [3.63, 3.8) is 0 Å². The first-order chi connectivity index (χ1) is 7.09. The summed E-state index contributed by atoms with van der Waals surface area (Å²) in [5.41, 5.74) is 0. The first-order valence-electron chi connectivity index (χ1n) is 6.05. The van der Waals surface area contributed by atoms with E-state index >= 15 is 0 Å². The maximum Gasteiger partial charge on any atom is 0.320 e. The third-order valence-electron chi connectivity index (χ3n) is 3.51. The maximum atomic E-state index is 10.6. The predicted molar refractivity (Wildman–Crippen MR) is 60.8 cm³/mol. The lowest BCUT2D eigenvalue weighted by Gasteiger charge is -2.26. The zero-order valence-corrected chi connectivity index (χ0v) is 9.83. The molecule has 0 saturated heterocycles. The Labute approximate surface area is 92.3 Å². The highest BCUT2D eigenvalue weighted by Crippen LogP contribution is 2.29. The van der Waals surface area contributed by atoms with Gasteiger partial charge in [-0.15, -0.1) is 0 Å². The molecule has 1 unspecified atom stereocenters. The fraction of sp³-hybridized carbons (Fsp3) is 0.917. The summed E-state index contributed by atoms with van der Waals surface area (Å²) in [5.74, 6) is 0.953. The van der Waals surface area contributed by atoms with Crippen molar-refractivity contribution >= 4 is 5.97 Å². The van der Waals surface area contributed by atoms with Gasteiger partial charge in [0.25, 0.3) is 0 Å². The van der Waals surface area contributed by atoms with Gasteiger partial charge in [0.2, 0.25) is 0 Å². The molecule has 3 heteroatoms. The zero-order valence-electron chi connectivity index (χ0n) is 9.83. The number of aliphatic carboxylic acids is 1. The fourth-order valence-electron chi connectivity index (χ4n) is 2.21. The smallest absolute Gasteiger partial charge is 0.320 e. The molecule has 0 aromatic rings. The molecule has 1 atom stereocenters. The molecular weight excluding hydrogens is 190 g/mol. The number of hydrogen-bond acceptors (Lipinski definition) is 2. The summed E-state index contributed by atoms with van der Waals surface area (Å²) in [7, 11) is 0. The Balaban J connectivity index is 2.07. The van der Waals surface area contributed by atoms with Crippen LogP contribution in [0, 0.1) is 11.8 Å². The second kappa shape index (κ2) is 6.11. The Hall–Kier alpha value is -0.570. The first-order valence-corrected chi connectivity index (χ1v) is 6.05. The SMILES string of the molecule is CC1CCC(CCNC(C)C(=O)O)CC1. The van der Waals surface area contributed by atoms with E-state index in [1.807, 2.05) is 0 Å². The number of rotatable bonds is 5. The molecule has 0 spiro atoms. The lowest BCUT2D eigenvalue weighted by atomic mass is 9.81. The molecule has 0 heterocycles. The zero-order chi connectivity index (χ0) is 11.3. The number of nitrogens with one attached hydrogen (secondary N) is 1. The minimum Gasteiger partial charge on any atom is -0.480 e. The Morgan fingerprint density at radius 2 is 2.00 bits per heavy atom. The van der Waals surface area contributed by atoms with Crippen LogP contribution >= 0.6 is 0 Å². The lowest BCUT2D eigenvalue weighted by Crippen LogP contribution is -2.35. The molecule has 0 aromatic heterocycles. The highest BCUT2D eigenvalue weighted by molar-refractivity contribution is 5.72. The summed E-state index contributed by atoms with van der Waals surface area (Å²) in [6, 6.07) is -0.410. The van der Waals surface area contributed by atoms with Gasteiger partial charge in [0.15, 0.2) is 0 Å². The van der Waals surface area contributed by atoms with Crippen LogP contribution in [-0.4, -0.2) is 23.7 Å². The molecular formula is C12H23NO2. The summed E-state index contributed by atoms with van der Waals surface area (Å²) < 4.78 is 0. The second-order valence-corrected chi connectivity index (χ2v) is 4.93. The van der Waals surface area contributed by atoms with Gasteiger partial charge < -0.3 is 10.4 Å². The highest BCUT2D eigenvalue weighted by Gasteiger charge is 2.18. The van der Waals surface area contributed by atoms with E-state index in [9.17, 15) is 4.79 Å². The van der Waals surface area contributed by atoms with E-state index in [-0.39, 0.29) is 0 Å². The van der Waals surface area contributed by atoms with E-state index in [0.29, 0.717) is 0 Å². The van der Waals surface area contributed by atoms with Crippen LogP contribution < -0.4 is 5.32 Å². The first kappa shape index (κ1) is 12.5. The van der Waals surface area contributed by atoms with Crippen molar-refractivity contribution in [3.05, 3.63) is 0 Å². The largest absolute Gasteiger partial charge is 0.480 e. The van der Waals surface area contributed by atoms with E-state index in [2.05, 4.69) is 12.2 Å². The van der Waals surface area contributed by atoms with Crippen LogP contribution in [0.2, 0.25) is 0 Å². The monoisotopic (exact) mass is 213 g/mol. The van der Waals surface area contributed by atoms with Gasteiger partial charge in [0.05, 0.1) is 0 Å². The quantitative estimate of drug-likeness (QED) is 0.736. The van der Waals surface area contributed by atoms with Gasteiger partial charge in [-0.1, -0.05) is 32.6 Å². The van der Waals surface area contributed by atoms with Gasteiger partial charge in [0, 0.05) is 0 Å². The average molecular weight is 213 g/mol. The summed E-state index contributed by atoms with van der Waals surface area (Å²) >= 11 is 0. The normalized spacial score (nSPS) is 28.7. The molecule has 1 aliphatic rings. The van der Waals surface area contributed by atoms with Crippen LogP contribution in [0.15, 0.2) is 0 Å². The van der Waals surface area contributed by atoms with Crippen molar-refractivity contribution in [2.75, 3.05) is 6.54 Å². The van der Waals surface area contributed by atoms with E-state index in [1.54, 1.807) is 6.92 Å². The number of hydrogen-bond donors (Lipinski definition) is 2. The Morgan fingerprint density at radius 1 is 1.40 bits per heavy atom. The van der Waals surface area contributed by atoms with Gasteiger partial charge in [-0.05, 0) is 31.7 Å². The third-order valence-corrected chi connectivity index (χ3v) is 3.51. The van der Waals surface area contributed by atoms with Gasteiger partial charge in [-0.3, -0.25) is 4.79 Å². The van der Waals surface area contributed by atoms with Crippen molar-refractivity contribution in [2.24, 2.45) is 11.8 Å². The van der Waals surface area contributed by atoms with Crippen molar-refractivity contribution < 1.29 is 9.90 Å². The van der Waals surface area contributed by atoms with Gasteiger partial charge >= 0.3 is 5.97 Å². The molecule has 2 N–H and O–H groups in total. The average Bonchev–Trinajstić information content (AvgIpc) is 2.20. The summed E-state index contributed by atoms with van der Waals surface area (Å²) in [4.78, 5) is 10.6. The lowest BCUT2D eigenvalue weighted by molar-refractivity contribution is -0.139. The van der Waals surface area contributed by atoms with Crippen molar-refractivity contribution in [1.29, 1.82) is 0 Å². The molecule has 0 amide bonds. The van der Waals surface area contributed by atoms with Crippen molar-refractivity contribution in [3.8, 4) is 0 Å². The summed E-state index contributed by atoms with van der Waals surface area (Å²) in [6.07, 6.45) is 6.47. The Bertz CT molecular complexity index is 198. The van der Waals surface area contributed by atoms with Crippen LogP contribution in [0.3, 0.4) is 0 Å². The molecule has 1 saturated carbocycles. The standard InChI is InChI=1S/C12H23NO2/c1-9-3-5-11(6-4-9)7-8-13-10(2)12(14)15/h9-11,13H,3-8H2,1-2H3,(H,14,15). The number of carbonyl (C=O) groups is 1. The Morgan fingerprint density at radius 3 is 2.53 bits per heavy atom. The molecule has 0 aromatic carbocycles. The minimum absolute atomic E-state index is 0.410. The van der Waals surface area contributed by atoms with Gasteiger partial charge in [-0.2, -0.15) is 0 Å². The molecule has 0 radical (unpaired) electrons.